The van der Waals surface area contributed by atoms with Crippen molar-refractivity contribution in [1.82, 2.24) is 0 Å². The second kappa shape index (κ2) is 6.77. The van der Waals surface area contributed by atoms with Crippen LogP contribution in [0.4, 0.5) is 0 Å². The molecule has 0 amide bonds. The lowest BCUT2D eigenvalue weighted by atomic mass is 9.95. The molecule has 0 aromatic heterocycles. The highest BCUT2D eigenvalue weighted by molar-refractivity contribution is 6.00. The zero-order valence-electron chi connectivity index (χ0n) is 13.6. The number of allylic oxidation sites excluding steroid dienone is 4. The van der Waals surface area contributed by atoms with Gasteiger partial charge >= 0.3 is 11.9 Å². The second-order valence-corrected chi connectivity index (χ2v) is 6.57. The smallest absolute Gasteiger partial charge is 0.353 e. The van der Waals surface area contributed by atoms with Crippen LogP contribution in [-0.4, -0.2) is 34.0 Å². The summed E-state index contributed by atoms with van der Waals surface area (Å²) in [5.41, 5.74) is -1.42. The Balaban J connectivity index is 2.79. The molecule has 0 aromatic carbocycles. The first kappa shape index (κ1) is 17.9. The van der Waals surface area contributed by atoms with Gasteiger partial charge in [0.15, 0.2) is 0 Å². The van der Waals surface area contributed by atoms with Crippen LogP contribution in [0.5, 0.6) is 0 Å². The fraction of sp³-hybridized carbons (Fsp3) is 0.562. The van der Waals surface area contributed by atoms with Crippen molar-refractivity contribution in [3.63, 3.8) is 0 Å². The number of oxime groups is 1. The van der Waals surface area contributed by atoms with Crippen molar-refractivity contribution >= 4 is 17.7 Å². The summed E-state index contributed by atoms with van der Waals surface area (Å²) in [6, 6.07) is 0. The molecular formula is C16H23NO5. The lowest BCUT2D eigenvalue weighted by Gasteiger charge is -2.27. The number of nitrogens with zero attached hydrogens (tertiary/aromatic N) is 1. The van der Waals surface area contributed by atoms with Gasteiger partial charge in [-0.05, 0) is 40.7 Å². The maximum absolute atomic E-state index is 12.1. The van der Waals surface area contributed by atoms with Crippen molar-refractivity contribution in [2.24, 2.45) is 11.1 Å². The van der Waals surface area contributed by atoms with Gasteiger partial charge in [-0.15, -0.1) is 0 Å². The van der Waals surface area contributed by atoms with Crippen LogP contribution in [0.1, 0.15) is 41.0 Å². The highest BCUT2D eigenvalue weighted by atomic mass is 16.7. The van der Waals surface area contributed by atoms with Crippen LogP contribution in [0.25, 0.3) is 0 Å². The lowest BCUT2D eigenvalue weighted by Crippen LogP contribution is -2.40. The maximum atomic E-state index is 12.1. The maximum Gasteiger partial charge on any atom is 0.353 e. The molecule has 1 atom stereocenters. The Bertz CT molecular complexity index is 523. The van der Waals surface area contributed by atoms with Crippen LogP contribution in [0.15, 0.2) is 29.5 Å². The van der Waals surface area contributed by atoms with E-state index in [0.717, 1.165) is 0 Å². The standard InChI is InChI=1S/C16H23NO5/c1-15(2,3)21-14(20)16(4,5)22-17-12-9-7-6-8-11(12)10-13(18)19/h6-9,11H,10H2,1-5H3,(H,18,19)/b17-12+. The molecule has 0 bridgehead atoms. The van der Waals surface area contributed by atoms with Gasteiger partial charge in [-0.2, -0.15) is 0 Å². The highest BCUT2D eigenvalue weighted by Gasteiger charge is 2.35. The minimum atomic E-state index is -1.26. The Morgan fingerprint density at radius 1 is 1.23 bits per heavy atom. The molecule has 1 rings (SSSR count). The molecule has 1 aliphatic rings. The summed E-state index contributed by atoms with van der Waals surface area (Å²) >= 11 is 0. The van der Waals surface area contributed by atoms with Gasteiger partial charge in [0.2, 0.25) is 5.60 Å². The molecule has 122 valence electrons. The number of carbonyl (C=O) groups is 2. The first-order chi connectivity index (χ1) is 10.0. The average molecular weight is 309 g/mol. The van der Waals surface area contributed by atoms with E-state index in [2.05, 4.69) is 5.16 Å². The minimum absolute atomic E-state index is 0.0874. The largest absolute Gasteiger partial charge is 0.481 e. The summed E-state index contributed by atoms with van der Waals surface area (Å²) in [4.78, 5) is 28.2. The number of esters is 1. The summed E-state index contributed by atoms with van der Waals surface area (Å²) in [6.07, 6.45) is 6.80. The molecule has 6 heteroatoms. The van der Waals surface area contributed by atoms with Crippen LogP contribution >= 0.6 is 0 Å². The molecule has 0 spiro atoms. The third-order valence-electron chi connectivity index (χ3n) is 2.77. The van der Waals surface area contributed by atoms with E-state index >= 15 is 0 Å². The topological polar surface area (TPSA) is 85.2 Å². The number of ether oxygens (including phenoxy) is 1. The SMILES string of the molecule is CC(C)(C)OC(=O)C(C)(C)O/N=C1\C=CC=CC1CC(=O)O. The first-order valence-electron chi connectivity index (χ1n) is 7.07. The Morgan fingerprint density at radius 2 is 1.86 bits per heavy atom. The zero-order chi connectivity index (χ0) is 17.0. The van der Waals surface area contributed by atoms with Crippen LogP contribution < -0.4 is 0 Å². The number of hydrogen-bond acceptors (Lipinski definition) is 5. The van der Waals surface area contributed by atoms with E-state index in [0.29, 0.717) is 5.71 Å². The Kier molecular flexibility index (Phi) is 5.52. The molecule has 0 saturated heterocycles. The third kappa shape index (κ3) is 5.71. The van der Waals surface area contributed by atoms with Gasteiger partial charge in [0.05, 0.1) is 12.1 Å². The third-order valence-corrected chi connectivity index (χ3v) is 2.77. The van der Waals surface area contributed by atoms with Gasteiger partial charge in [0.1, 0.15) is 5.60 Å². The van der Waals surface area contributed by atoms with Crippen molar-refractivity contribution in [1.29, 1.82) is 0 Å². The van der Waals surface area contributed by atoms with E-state index in [1.807, 2.05) is 0 Å². The Hall–Kier alpha value is -2.11. The van der Waals surface area contributed by atoms with E-state index in [1.165, 1.54) is 0 Å². The predicted octanol–water partition coefficient (Wildman–Crippen LogP) is 2.70. The normalized spacial score (nSPS) is 20.0. The number of hydrogen-bond donors (Lipinski definition) is 1. The van der Waals surface area contributed by atoms with Gasteiger partial charge in [-0.3, -0.25) is 4.79 Å². The van der Waals surface area contributed by atoms with E-state index in [9.17, 15) is 9.59 Å². The van der Waals surface area contributed by atoms with E-state index in [1.54, 1.807) is 58.9 Å². The molecule has 0 saturated carbocycles. The fourth-order valence-corrected chi connectivity index (χ4v) is 1.64. The Morgan fingerprint density at radius 3 is 2.41 bits per heavy atom. The summed E-state index contributed by atoms with van der Waals surface area (Å²) in [5, 5.41) is 12.9. The molecule has 1 unspecified atom stereocenters. The first-order valence-corrected chi connectivity index (χ1v) is 7.07. The van der Waals surface area contributed by atoms with Crippen LogP contribution in [-0.2, 0) is 19.2 Å². The number of aliphatic carboxylic acids is 1. The predicted molar refractivity (Wildman–Crippen MR) is 82.5 cm³/mol. The molecule has 0 radical (unpaired) electrons. The van der Waals surface area contributed by atoms with Crippen LogP contribution in [0.2, 0.25) is 0 Å². The molecule has 0 heterocycles. The van der Waals surface area contributed by atoms with Crippen LogP contribution in [0, 0.1) is 5.92 Å². The molecule has 22 heavy (non-hydrogen) atoms. The van der Waals surface area contributed by atoms with Crippen molar-refractivity contribution in [3.8, 4) is 0 Å². The molecule has 1 N–H and O–H groups in total. The summed E-state index contributed by atoms with van der Waals surface area (Å²) in [7, 11) is 0. The zero-order valence-corrected chi connectivity index (χ0v) is 13.6. The van der Waals surface area contributed by atoms with E-state index < -0.39 is 23.1 Å². The average Bonchev–Trinajstić information content (AvgIpc) is 2.35. The van der Waals surface area contributed by atoms with Gasteiger partial charge in [-0.1, -0.05) is 23.4 Å². The highest BCUT2D eigenvalue weighted by Crippen LogP contribution is 2.20. The summed E-state index contributed by atoms with van der Waals surface area (Å²) < 4.78 is 5.27. The minimum Gasteiger partial charge on any atom is -0.481 e. The number of carbonyl (C=O) groups excluding carboxylic acids is 1. The van der Waals surface area contributed by atoms with Crippen molar-refractivity contribution in [3.05, 3.63) is 24.3 Å². The van der Waals surface area contributed by atoms with Crippen molar-refractivity contribution < 1.29 is 24.3 Å². The summed E-state index contributed by atoms with van der Waals surface area (Å²) in [5.74, 6) is -1.84. The lowest BCUT2D eigenvalue weighted by molar-refractivity contribution is -0.179. The van der Waals surface area contributed by atoms with Crippen molar-refractivity contribution in [2.75, 3.05) is 0 Å². The van der Waals surface area contributed by atoms with Gasteiger partial charge in [0.25, 0.3) is 0 Å². The summed E-state index contributed by atoms with van der Waals surface area (Å²) in [6.45, 7) is 8.42. The quantitative estimate of drug-likeness (QED) is 0.623. The number of carboxylic acid groups (broad SMARTS) is 1. The van der Waals surface area contributed by atoms with Crippen molar-refractivity contribution in [2.45, 2.75) is 52.2 Å². The number of carboxylic acids is 1. The van der Waals surface area contributed by atoms with Gasteiger partial charge in [0, 0.05) is 5.92 Å². The molecule has 0 aromatic rings. The van der Waals surface area contributed by atoms with E-state index in [-0.39, 0.29) is 12.3 Å². The molecule has 1 aliphatic carbocycles. The molecule has 0 aliphatic heterocycles. The van der Waals surface area contributed by atoms with Gasteiger partial charge < -0.3 is 14.7 Å². The fourth-order valence-electron chi connectivity index (χ4n) is 1.64. The molecular weight excluding hydrogens is 286 g/mol. The monoisotopic (exact) mass is 309 g/mol. The van der Waals surface area contributed by atoms with Crippen LogP contribution in [0.3, 0.4) is 0 Å². The molecule has 6 nitrogen and oxygen atoms in total. The second-order valence-electron chi connectivity index (χ2n) is 6.57. The number of rotatable bonds is 5. The molecule has 0 fully saturated rings. The Labute approximate surface area is 130 Å². The van der Waals surface area contributed by atoms with E-state index in [4.69, 9.17) is 14.7 Å². The van der Waals surface area contributed by atoms with Gasteiger partial charge in [-0.25, -0.2) is 4.79 Å².